The lowest BCUT2D eigenvalue weighted by atomic mass is 10.2. The van der Waals surface area contributed by atoms with Crippen LogP contribution in [0, 0.1) is 0 Å². The van der Waals surface area contributed by atoms with E-state index in [0.717, 1.165) is 10.3 Å². The van der Waals surface area contributed by atoms with Gasteiger partial charge in [0.25, 0.3) is 0 Å². The Bertz CT molecular complexity index is 471. The van der Waals surface area contributed by atoms with Gasteiger partial charge in [-0.25, -0.2) is 18.5 Å². The fourth-order valence-corrected chi connectivity index (χ4v) is 2.50. The predicted molar refractivity (Wildman–Crippen MR) is 61.0 cm³/mol. The molecular weight excluding hydrogens is 282 g/mol. The van der Waals surface area contributed by atoms with Gasteiger partial charge in [-0.3, -0.25) is 0 Å². The number of nitrogens with two attached hydrogens (primary N) is 1. The van der Waals surface area contributed by atoms with Crippen LogP contribution in [0.25, 0.3) is 0 Å². The summed E-state index contributed by atoms with van der Waals surface area (Å²) >= 11 is 3.33. The molecule has 1 aromatic rings. The largest absolute Gasteiger partial charge is 0.354 e. The first-order valence-electron chi connectivity index (χ1n) is 4.35. The molecule has 2 N–H and O–H groups in total. The average Bonchev–Trinajstić information content (AvgIpc) is 1.97. The van der Waals surface area contributed by atoms with Gasteiger partial charge in [-0.15, -0.1) is 0 Å². The van der Waals surface area contributed by atoms with E-state index in [1.54, 1.807) is 6.20 Å². The Balaban J connectivity index is 2.07. The Morgan fingerprint density at radius 3 is 2.73 bits per heavy atom. The maximum Gasteiger partial charge on any atom is 0.215 e. The van der Waals surface area contributed by atoms with Gasteiger partial charge in [0.05, 0.1) is 0 Å². The molecule has 0 unspecified atom stereocenters. The molecule has 0 bridgehead atoms. The number of hydrogen-bond donors (Lipinski definition) is 1. The summed E-state index contributed by atoms with van der Waals surface area (Å²) in [4.78, 5) is 6.01. The Kier molecular flexibility index (Phi) is 2.70. The minimum atomic E-state index is -3.40. The zero-order chi connectivity index (χ0) is 11.1. The predicted octanol–water partition coefficient (Wildman–Crippen LogP) is 0.321. The van der Waals surface area contributed by atoms with Crippen LogP contribution in [0.1, 0.15) is 0 Å². The van der Waals surface area contributed by atoms with E-state index in [1.807, 2.05) is 17.0 Å². The monoisotopic (exact) mass is 291 g/mol. The SMILES string of the molecule is NS(=O)(=O)C1CN(c2cc(Br)ccn2)C1. The van der Waals surface area contributed by atoms with Gasteiger partial charge in [-0.2, -0.15) is 0 Å². The number of halogens is 1. The lowest BCUT2D eigenvalue weighted by Gasteiger charge is -2.38. The van der Waals surface area contributed by atoms with E-state index in [-0.39, 0.29) is 0 Å². The van der Waals surface area contributed by atoms with Crippen molar-refractivity contribution in [2.75, 3.05) is 18.0 Å². The number of anilines is 1. The van der Waals surface area contributed by atoms with Crippen LogP contribution in [-0.2, 0) is 10.0 Å². The van der Waals surface area contributed by atoms with Crippen LogP contribution < -0.4 is 10.0 Å². The maximum atomic E-state index is 11.0. The van der Waals surface area contributed by atoms with E-state index in [9.17, 15) is 8.42 Å². The van der Waals surface area contributed by atoms with Crippen LogP contribution in [0.2, 0.25) is 0 Å². The van der Waals surface area contributed by atoms with Gasteiger partial charge in [0.1, 0.15) is 11.1 Å². The van der Waals surface area contributed by atoms with E-state index < -0.39 is 15.3 Å². The molecule has 0 amide bonds. The fraction of sp³-hybridized carbons (Fsp3) is 0.375. The van der Waals surface area contributed by atoms with Crippen LogP contribution in [0.3, 0.4) is 0 Å². The van der Waals surface area contributed by atoms with E-state index in [2.05, 4.69) is 20.9 Å². The molecule has 0 saturated carbocycles. The highest BCUT2D eigenvalue weighted by Crippen LogP contribution is 2.23. The normalized spacial score (nSPS) is 17.6. The summed E-state index contributed by atoms with van der Waals surface area (Å²) in [6.07, 6.45) is 1.67. The molecular formula is C8H10BrN3O2S. The first-order chi connectivity index (χ1) is 6.97. The summed E-state index contributed by atoms with van der Waals surface area (Å²) in [5.41, 5.74) is 0. The minimum Gasteiger partial charge on any atom is -0.354 e. The van der Waals surface area contributed by atoms with Crippen LogP contribution in [-0.4, -0.2) is 31.7 Å². The summed E-state index contributed by atoms with van der Waals surface area (Å²) in [5.74, 6) is 0.768. The molecule has 0 aliphatic carbocycles. The maximum absolute atomic E-state index is 11.0. The van der Waals surface area contributed by atoms with Gasteiger partial charge in [-0.1, -0.05) is 15.9 Å². The summed E-state index contributed by atoms with van der Waals surface area (Å²) in [6, 6.07) is 3.67. The Morgan fingerprint density at radius 1 is 1.53 bits per heavy atom. The van der Waals surface area contributed by atoms with Gasteiger partial charge in [0, 0.05) is 23.8 Å². The van der Waals surface area contributed by atoms with Crippen molar-refractivity contribution in [2.24, 2.45) is 5.14 Å². The first-order valence-corrected chi connectivity index (χ1v) is 6.75. The standard InChI is InChI=1S/C8H10BrN3O2S/c9-6-1-2-11-8(3-6)12-4-7(5-12)15(10,13)14/h1-3,7H,4-5H2,(H2,10,13,14). The molecule has 0 atom stereocenters. The van der Waals surface area contributed by atoms with Crippen molar-refractivity contribution in [3.05, 3.63) is 22.8 Å². The quantitative estimate of drug-likeness (QED) is 0.851. The van der Waals surface area contributed by atoms with Crippen molar-refractivity contribution >= 4 is 31.8 Å². The molecule has 2 rings (SSSR count). The molecule has 0 spiro atoms. The molecule has 82 valence electrons. The summed E-state index contributed by atoms with van der Waals surface area (Å²) in [6.45, 7) is 0.838. The second-order valence-electron chi connectivity index (χ2n) is 3.45. The summed E-state index contributed by atoms with van der Waals surface area (Å²) in [7, 11) is -3.40. The third-order valence-electron chi connectivity index (χ3n) is 2.34. The van der Waals surface area contributed by atoms with Crippen LogP contribution in [0.5, 0.6) is 0 Å². The highest BCUT2D eigenvalue weighted by molar-refractivity contribution is 9.10. The number of pyridine rings is 1. The molecule has 7 heteroatoms. The second-order valence-corrected chi connectivity index (χ2v) is 6.21. The van der Waals surface area contributed by atoms with Gasteiger partial charge in [0.2, 0.25) is 10.0 Å². The highest BCUT2D eigenvalue weighted by Gasteiger charge is 2.35. The molecule has 1 aliphatic heterocycles. The lowest BCUT2D eigenvalue weighted by molar-refractivity contribution is 0.540. The number of primary sulfonamides is 1. The second kappa shape index (κ2) is 3.73. The Hall–Kier alpha value is -0.660. The van der Waals surface area contributed by atoms with Crippen LogP contribution in [0.4, 0.5) is 5.82 Å². The van der Waals surface area contributed by atoms with Crippen molar-refractivity contribution < 1.29 is 8.42 Å². The third-order valence-corrected chi connectivity index (χ3v) is 4.06. The van der Waals surface area contributed by atoms with Crippen molar-refractivity contribution in [1.29, 1.82) is 0 Å². The molecule has 1 aliphatic rings. The Morgan fingerprint density at radius 2 is 2.20 bits per heavy atom. The molecule has 0 radical (unpaired) electrons. The van der Waals surface area contributed by atoms with E-state index in [0.29, 0.717) is 13.1 Å². The van der Waals surface area contributed by atoms with Crippen molar-refractivity contribution in [3.63, 3.8) is 0 Å². The zero-order valence-electron chi connectivity index (χ0n) is 7.80. The number of aromatic nitrogens is 1. The number of nitrogens with zero attached hydrogens (tertiary/aromatic N) is 2. The topological polar surface area (TPSA) is 76.3 Å². The third kappa shape index (κ3) is 2.30. The molecule has 1 fully saturated rings. The number of hydrogen-bond acceptors (Lipinski definition) is 4. The molecule has 1 aromatic heterocycles. The fourth-order valence-electron chi connectivity index (χ4n) is 1.40. The smallest absolute Gasteiger partial charge is 0.215 e. The zero-order valence-corrected chi connectivity index (χ0v) is 10.2. The van der Waals surface area contributed by atoms with Gasteiger partial charge in [-0.05, 0) is 12.1 Å². The van der Waals surface area contributed by atoms with Gasteiger partial charge in [0.15, 0.2) is 0 Å². The minimum absolute atomic E-state index is 0.419. The van der Waals surface area contributed by atoms with Crippen molar-refractivity contribution in [1.82, 2.24) is 4.98 Å². The highest BCUT2D eigenvalue weighted by atomic mass is 79.9. The van der Waals surface area contributed by atoms with Crippen molar-refractivity contribution in [3.8, 4) is 0 Å². The van der Waals surface area contributed by atoms with Crippen LogP contribution in [0.15, 0.2) is 22.8 Å². The van der Waals surface area contributed by atoms with E-state index in [4.69, 9.17) is 5.14 Å². The Labute approximate surface area is 96.5 Å². The molecule has 0 aromatic carbocycles. The summed E-state index contributed by atoms with van der Waals surface area (Å²) < 4.78 is 22.9. The van der Waals surface area contributed by atoms with Crippen LogP contribution >= 0.6 is 15.9 Å². The van der Waals surface area contributed by atoms with Gasteiger partial charge < -0.3 is 4.90 Å². The number of rotatable bonds is 2. The van der Waals surface area contributed by atoms with E-state index in [1.165, 1.54) is 0 Å². The first kappa shape index (κ1) is 10.8. The molecule has 15 heavy (non-hydrogen) atoms. The van der Waals surface area contributed by atoms with Crippen molar-refractivity contribution in [2.45, 2.75) is 5.25 Å². The summed E-state index contributed by atoms with van der Waals surface area (Å²) in [5, 5.41) is 4.57. The molecule has 2 heterocycles. The molecule has 5 nitrogen and oxygen atoms in total. The number of sulfonamides is 1. The lowest BCUT2D eigenvalue weighted by Crippen LogP contribution is -2.56. The average molecular weight is 292 g/mol. The van der Waals surface area contributed by atoms with Gasteiger partial charge >= 0.3 is 0 Å². The molecule has 1 saturated heterocycles. The van der Waals surface area contributed by atoms with E-state index >= 15 is 0 Å².